The van der Waals surface area contributed by atoms with Crippen LogP contribution in [0, 0.1) is 0 Å². The first kappa shape index (κ1) is 8.49. The van der Waals surface area contributed by atoms with Crippen LogP contribution in [-0.2, 0) is 10.8 Å². The SMILES string of the molecule is OCCc1csc(CI)c1. The Balaban J connectivity index is 2.59. The van der Waals surface area contributed by atoms with Gasteiger partial charge in [0.05, 0.1) is 0 Å². The number of halogens is 1. The number of hydrogen-bond donors (Lipinski definition) is 1. The third-order valence-corrected chi connectivity index (χ3v) is 3.57. The van der Waals surface area contributed by atoms with E-state index in [9.17, 15) is 0 Å². The van der Waals surface area contributed by atoms with Gasteiger partial charge in [0.1, 0.15) is 0 Å². The summed E-state index contributed by atoms with van der Waals surface area (Å²) in [6.07, 6.45) is 0.799. The molecule has 1 rings (SSSR count). The number of hydrogen-bond acceptors (Lipinski definition) is 2. The standard InChI is InChI=1S/C7H9IOS/c8-4-7-3-6(1-2-9)5-10-7/h3,5,9H,1-2,4H2. The van der Waals surface area contributed by atoms with Crippen LogP contribution < -0.4 is 0 Å². The van der Waals surface area contributed by atoms with Crippen LogP contribution >= 0.6 is 33.9 Å². The lowest BCUT2D eigenvalue weighted by molar-refractivity contribution is 0.300. The molecule has 0 aromatic carbocycles. The zero-order valence-electron chi connectivity index (χ0n) is 5.51. The van der Waals surface area contributed by atoms with E-state index >= 15 is 0 Å². The Morgan fingerprint density at radius 3 is 2.90 bits per heavy atom. The fourth-order valence-electron chi connectivity index (χ4n) is 0.756. The average molecular weight is 268 g/mol. The Morgan fingerprint density at radius 2 is 2.40 bits per heavy atom. The first-order valence-corrected chi connectivity index (χ1v) is 5.50. The van der Waals surface area contributed by atoms with Crippen molar-refractivity contribution in [3.8, 4) is 0 Å². The molecule has 1 nitrogen and oxygen atoms in total. The van der Waals surface area contributed by atoms with Crippen LogP contribution in [0.2, 0.25) is 0 Å². The fraction of sp³-hybridized carbons (Fsp3) is 0.429. The normalized spacial score (nSPS) is 10.2. The van der Waals surface area contributed by atoms with E-state index in [1.54, 1.807) is 11.3 Å². The second-order valence-electron chi connectivity index (χ2n) is 2.03. The second-order valence-corrected chi connectivity index (χ2v) is 3.79. The van der Waals surface area contributed by atoms with Crippen LogP contribution in [0.4, 0.5) is 0 Å². The Morgan fingerprint density at radius 1 is 1.60 bits per heavy atom. The lowest BCUT2D eigenvalue weighted by Gasteiger charge is -1.87. The number of thiophene rings is 1. The zero-order chi connectivity index (χ0) is 7.40. The molecule has 0 fully saturated rings. The van der Waals surface area contributed by atoms with Crippen molar-refractivity contribution in [1.29, 1.82) is 0 Å². The smallest absolute Gasteiger partial charge is 0.0471 e. The maximum atomic E-state index is 8.60. The quantitative estimate of drug-likeness (QED) is 0.658. The molecule has 0 spiro atoms. The van der Waals surface area contributed by atoms with Crippen molar-refractivity contribution < 1.29 is 5.11 Å². The van der Waals surface area contributed by atoms with Gasteiger partial charge < -0.3 is 5.11 Å². The summed E-state index contributed by atoms with van der Waals surface area (Å²) in [5.74, 6) is 0. The molecule has 0 aliphatic carbocycles. The Bertz CT molecular complexity index is 197. The molecular formula is C7H9IOS. The minimum atomic E-state index is 0.261. The molecular weight excluding hydrogens is 259 g/mol. The maximum Gasteiger partial charge on any atom is 0.0471 e. The number of rotatable bonds is 3. The molecule has 0 amide bonds. The molecule has 1 aromatic rings. The topological polar surface area (TPSA) is 20.2 Å². The highest BCUT2D eigenvalue weighted by Gasteiger charge is 1.96. The van der Waals surface area contributed by atoms with Crippen molar-refractivity contribution >= 4 is 33.9 Å². The van der Waals surface area contributed by atoms with E-state index in [2.05, 4.69) is 34.0 Å². The molecule has 0 saturated carbocycles. The maximum absolute atomic E-state index is 8.60. The van der Waals surface area contributed by atoms with Gasteiger partial charge in [-0.25, -0.2) is 0 Å². The third-order valence-electron chi connectivity index (χ3n) is 1.24. The molecule has 0 bridgehead atoms. The van der Waals surface area contributed by atoms with E-state index in [0.29, 0.717) is 0 Å². The fourth-order valence-corrected chi connectivity index (χ4v) is 2.29. The Hall–Kier alpha value is 0.390. The molecule has 1 N–H and O–H groups in total. The van der Waals surface area contributed by atoms with Gasteiger partial charge in [-0.15, -0.1) is 11.3 Å². The second kappa shape index (κ2) is 4.31. The summed E-state index contributed by atoms with van der Waals surface area (Å²) in [5, 5.41) is 10.7. The molecule has 0 aliphatic heterocycles. The number of aliphatic hydroxyl groups is 1. The molecule has 0 unspecified atom stereocenters. The van der Waals surface area contributed by atoms with E-state index in [0.717, 1.165) is 10.8 Å². The van der Waals surface area contributed by atoms with Crippen LogP contribution in [-0.4, -0.2) is 11.7 Å². The van der Waals surface area contributed by atoms with Gasteiger partial charge >= 0.3 is 0 Å². The highest BCUT2D eigenvalue weighted by atomic mass is 127. The zero-order valence-corrected chi connectivity index (χ0v) is 8.48. The van der Waals surface area contributed by atoms with Gasteiger partial charge in [-0.3, -0.25) is 0 Å². The van der Waals surface area contributed by atoms with Gasteiger partial charge in [0, 0.05) is 15.9 Å². The summed E-state index contributed by atoms with van der Waals surface area (Å²) < 4.78 is 1.08. The van der Waals surface area contributed by atoms with Crippen LogP contribution in [0.1, 0.15) is 10.4 Å². The molecule has 3 heteroatoms. The first-order valence-electron chi connectivity index (χ1n) is 3.10. The van der Waals surface area contributed by atoms with Crippen LogP contribution in [0.25, 0.3) is 0 Å². The predicted molar refractivity (Wildman–Crippen MR) is 52.8 cm³/mol. The van der Waals surface area contributed by atoms with Crippen molar-refractivity contribution in [2.45, 2.75) is 10.8 Å². The number of alkyl halides is 1. The highest BCUT2D eigenvalue weighted by molar-refractivity contribution is 14.1. The lowest BCUT2D eigenvalue weighted by atomic mass is 10.2. The monoisotopic (exact) mass is 268 g/mol. The van der Waals surface area contributed by atoms with Gasteiger partial charge in [-0.2, -0.15) is 0 Å². The molecule has 1 aromatic heterocycles. The van der Waals surface area contributed by atoms with Crippen LogP contribution in [0.3, 0.4) is 0 Å². The summed E-state index contributed by atoms with van der Waals surface area (Å²) in [7, 11) is 0. The molecule has 0 radical (unpaired) electrons. The highest BCUT2D eigenvalue weighted by Crippen LogP contribution is 2.17. The average Bonchev–Trinajstić information content (AvgIpc) is 2.37. The number of aliphatic hydroxyl groups excluding tert-OH is 1. The summed E-state index contributed by atoms with van der Waals surface area (Å²) in [5.41, 5.74) is 1.26. The van der Waals surface area contributed by atoms with Gasteiger partial charge in [0.25, 0.3) is 0 Å². The third kappa shape index (κ3) is 2.21. The summed E-state index contributed by atoms with van der Waals surface area (Å²) in [6.45, 7) is 0.261. The Kier molecular flexibility index (Phi) is 3.65. The summed E-state index contributed by atoms with van der Waals surface area (Å²) in [4.78, 5) is 1.39. The van der Waals surface area contributed by atoms with E-state index in [1.807, 2.05) is 0 Å². The minimum absolute atomic E-state index is 0.261. The van der Waals surface area contributed by atoms with Gasteiger partial charge in [0.15, 0.2) is 0 Å². The first-order chi connectivity index (χ1) is 4.86. The summed E-state index contributed by atoms with van der Waals surface area (Å²) >= 11 is 4.11. The van der Waals surface area contributed by atoms with Crippen molar-refractivity contribution in [1.82, 2.24) is 0 Å². The van der Waals surface area contributed by atoms with Crippen molar-refractivity contribution in [2.75, 3.05) is 6.61 Å². The van der Waals surface area contributed by atoms with Gasteiger partial charge in [-0.05, 0) is 23.4 Å². The lowest BCUT2D eigenvalue weighted by Crippen LogP contribution is -1.86. The van der Waals surface area contributed by atoms with Crippen LogP contribution in [0.15, 0.2) is 11.4 Å². The van der Waals surface area contributed by atoms with E-state index < -0.39 is 0 Å². The summed E-state index contributed by atoms with van der Waals surface area (Å²) in [6, 6.07) is 2.16. The van der Waals surface area contributed by atoms with Crippen molar-refractivity contribution in [3.05, 3.63) is 21.9 Å². The molecule has 0 aliphatic rings. The van der Waals surface area contributed by atoms with Crippen LogP contribution in [0.5, 0.6) is 0 Å². The molecule has 0 saturated heterocycles. The van der Waals surface area contributed by atoms with E-state index in [-0.39, 0.29) is 6.61 Å². The molecule has 10 heavy (non-hydrogen) atoms. The Labute approximate surface area is 78.2 Å². The van der Waals surface area contributed by atoms with E-state index in [4.69, 9.17) is 5.11 Å². The van der Waals surface area contributed by atoms with Crippen molar-refractivity contribution in [2.24, 2.45) is 0 Å². The molecule has 0 atom stereocenters. The largest absolute Gasteiger partial charge is 0.396 e. The van der Waals surface area contributed by atoms with E-state index in [1.165, 1.54) is 10.4 Å². The molecule has 56 valence electrons. The van der Waals surface area contributed by atoms with Gasteiger partial charge in [-0.1, -0.05) is 22.6 Å². The predicted octanol–water partition coefficient (Wildman–Crippen LogP) is 2.22. The minimum Gasteiger partial charge on any atom is -0.396 e. The molecule has 1 heterocycles. The van der Waals surface area contributed by atoms with Gasteiger partial charge in [0.2, 0.25) is 0 Å². The van der Waals surface area contributed by atoms with Crippen molar-refractivity contribution in [3.63, 3.8) is 0 Å².